The monoisotopic (exact) mass is 297 g/mol. The second-order valence-electron chi connectivity index (χ2n) is 5.08. The van der Waals surface area contributed by atoms with Crippen LogP contribution in [0.5, 0.6) is 0 Å². The van der Waals surface area contributed by atoms with Gasteiger partial charge in [0.15, 0.2) is 0 Å². The van der Waals surface area contributed by atoms with Crippen molar-refractivity contribution in [3.63, 3.8) is 0 Å². The van der Waals surface area contributed by atoms with Crippen molar-refractivity contribution in [2.24, 2.45) is 0 Å². The van der Waals surface area contributed by atoms with E-state index in [2.05, 4.69) is 15.3 Å². The zero-order valence-electron chi connectivity index (χ0n) is 11.3. The average molecular weight is 297 g/mol. The summed E-state index contributed by atoms with van der Waals surface area (Å²) in [6.07, 6.45) is 1.07. The SMILES string of the molecule is Cc1noc(C)c1-c1noc(C2CCS(=O)(=O)CC2)n1. The summed E-state index contributed by atoms with van der Waals surface area (Å²) in [5.41, 5.74) is 1.45. The Morgan fingerprint density at radius 2 is 1.80 bits per heavy atom. The van der Waals surface area contributed by atoms with E-state index >= 15 is 0 Å². The molecule has 0 amide bonds. The van der Waals surface area contributed by atoms with Gasteiger partial charge in [0.25, 0.3) is 0 Å². The van der Waals surface area contributed by atoms with Gasteiger partial charge in [-0.1, -0.05) is 10.3 Å². The van der Waals surface area contributed by atoms with Gasteiger partial charge in [-0.25, -0.2) is 8.42 Å². The summed E-state index contributed by atoms with van der Waals surface area (Å²) in [6, 6.07) is 0. The van der Waals surface area contributed by atoms with E-state index in [1.165, 1.54) is 0 Å². The number of rotatable bonds is 2. The first-order valence-corrected chi connectivity index (χ1v) is 8.26. The molecule has 3 heterocycles. The Morgan fingerprint density at radius 3 is 2.40 bits per heavy atom. The van der Waals surface area contributed by atoms with E-state index in [0.29, 0.717) is 36.0 Å². The number of hydrogen-bond donors (Lipinski definition) is 0. The highest BCUT2D eigenvalue weighted by molar-refractivity contribution is 7.91. The van der Waals surface area contributed by atoms with Crippen molar-refractivity contribution in [3.8, 4) is 11.4 Å². The first kappa shape index (κ1) is 13.3. The highest BCUT2D eigenvalue weighted by atomic mass is 32.2. The molecule has 0 bridgehead atoms. The summed E-state index contributed by atoms with van der Waals surface area (Å²) < 4.78 is 33.2. The number of hydrogen-bond acceptors (Lipinski definition) is 7. The Morgan fingerprint density at radius 1 is 1.10 bits per heavy atom. The van der Waals surface area contributed by atoms with E-state index in [0.717, 1.165) is 5.56 Å². The Balaban J connectivity index is 1.85. The second kappa shape index (κ2) is 4.69. The molecule has 3 rings (SSSR count). The summed E-state index contributed by atoms with van der Waals surface area (Å²) in [7, 11) is -2.89. The van der Waals surface area contributed by atoms with Crippen molar-refractivity contribution in [3.05, 3.63) is 17.3 Å². The largest absolute Gasteiger partial charge is 0.361 e. The van der Waals surface area contributed by atoms with Gasteiger partial charge in [-0.15, -0.1) is 0 Å². The van der Waals surface area contributed by atoms with Crippen LogP contribution in [0.25, 0.3) is 11.4 Å². The number of sulfone groups is 1. The quantitative estimate of drug-likeness (QED) is 0.830. The van der Waals surface area contributed by atoms with Crippen LogP contribution in [0.4, 0.5) is 0 Å². The minimum atomic E-state index is -2.89. The number of aromatic nitrogens is 3. The third-order valence-corrected chi connectivity index (χ3v) is 5.32. The molecule has 8 heteroatoms. The van der Waals surface area contributed by atoms with Gasteiger partial charge in [0.2, 0.25) is 11.7 Å². The lowest BCUT2D eigenvalue weighted by Gasteiger charge is -2.17. The van der Waals surface area contributed by atoms with E-state index in [1.54, 1.807) is 6.92 Å². The van der Waals surface area contributed by atoms with Gasteiger partial charge < -0.3 is 9.05 Å². The fraction of sp³-hybridized carbons (Fsp3) is 0.583. The maximum absolute atomic E-state index is 11.4. The molecule has 0 aromatic carbocycles. The molecule has 1 aliphatic rings. The minimum Gasteiger partial charge on any atom is -0.361 e. The molecule has 0 saturated carbocycles. The minimum absolute atomic E-state index is 0.0141. The average Bonchev–Trinajstić information content (AvgIpc) is 2.97. The maximum Gasteiger partial charge on any atom is 0.230 e. The predicted molar refractivity (Wildman–Crippen MR) is 69.9 cm³/mol. The first-order valence-electron chi connectivity index (χ1n) is 6.43. The lowest BCUT2D eigenvalue weighted by atomic mass is 10.0. The lowest BCUT2D eigenvalue weighted by molar-refractivity contribution is 0.343. The highest BCUT2D eigenvalue weighted by Crippen LogP contribution is 2.30. The fourth-order valence-electron chi connectivity index (χ4n) is 2.44. The highest BCUT2D eigenvalue weighted by Gasteiger charge is 2.29. The Hall–Kier alpha value is -1.70. The molecule has 2 aromatic heterocycles. The molecule has 20 heavy (non-hydrogen) atoms. The van der Waals surface area contributed by atoms with E-state index in [9.17, 15) is 8.42 Å². The van der Waals surface area contributed by atoms with E-state index < -0.39 is 9.84 Å². The van der Waals surface area contributed by atoms with Gasteiger partial charge in [-0.2, -0.15) is 4.98 Å². The molecular weight excluding hydrogens is 282 g/mol. The Bertz CT molecular complexity index is 698. The topological polar surface area (TPSA) is 99.1 Å². The van der Waals surface area contributed by atoms with Crippen LogP contribution in [-0.2, 0) is 9.84 Å². The molecule has 0 atom stereocenters. The van der Waals surface area contributed by atoms with Crippen LogP contribution in [0.1, 0.15) is 36.1 Å². The normalized spacial score (nSPS) is 19.3. The van der Waals surface area contributed by atoms with Gasteiger partial charge in [-0.05, 0) is 26.7 Å². The first-order chi connectivity index (χ1) is 9.46. The van der Waals surface area contributed by atoms with Gasteiger partial charge >= 0.3 is 0 Å². The zero-order chi connectivity index (χ0) is 14.3. The van der Waals surface area contributed by atoms with Crippen LogP contribution in [-0.4, -0.2) is 35.2 Å². The standard InChI is InChI=1S/C12H15N3O4S/c1-7-10(8(2)18-14-7)11-13-12(19-15-11)9-3-5-20(16,17)6-4-9/h9H,3-6H2,1-2H3. The molecule has 2 aromatic rings. The van der Waals surface area contributed by atoms with Crippen molar-refractivity contribution in [2.45, 2.75) is 32.6 Å². The molecule has 1 fully saturated rings. The summed E-state index contributed by atoms with van der Waals surface area (Å²) in [6.45, 7) is 3.60. The summed E-state index contributed by atoms with van der Waals surface area (Å²) in [5.74, 6) is 1.96. The van der Waals surface area contributed by atoms with E-state index in [4.69, 9.17) is 9.05 Å². The smallest absolute Gasteiger partial charge is 0.230 e. The third-order valence-electron chi connectivity index (χ3n) is 3.60. The maximum atomic E-state index is 11.4. The molecule has 1 saturated heterocycles. The molecule has 0 unspecified atom stereocenters. The fourth-order valence-corrected chi connectivity index (χ4v) is 3.93. The third kappa shape index (κ3) is 2.35. The molecule has 0 spiro atoms. The van der Waals surface area contributed by atoms with Crippen molar-refractivity contribution in [2.75, 3.05) is 11.5 Å². The van der Waals surface area contributed by atoms with Crippen molar-refractivity contribution in [1.29, 1.82) is 0 Å². The number of aryl methyl sites for hydroxylation is 2. The predicted octanol–water partition coefficient (Wildman–Crippen LogP) is 1.63. The van der Waals surface area contributed by atoms with Crippen LogP contribution >= 0.6 is 0 Å². The summed E-state index contributed by atoms with van der Waals surface area (Å²) in [5, 5.41) is 7.81. The van der Waals surface area contributed by atoms with Crippen molar-refractivity contribution >= 4 is 9.84 Å². The van der Waals surface area contributed by atoms with Gasteiger partial charge in [-0.3, -0.25) is 0 Å². The van der Waals surface area contributed by atoms with Crippen LogP contribution in [0.15, 0.2) is 9.05 Å². The van der Waals surface area contributed by atoms with Gasteiger partial charge in [0.1, 0.15) is 15.6 Å². The number of nitrogens with zero attached hydrogens (tertiary/aromatic N) is 3. The molecular formula is C12H15N3O4S. The van der Waals surface area contributed by atoms with Crippen molar-refractivity contribution in [1.82, 2.24) is 15.3 Å². The lowest BCUT2D eigenvalue weighted by Crippen LogP contribution is -2.22. The van der Waals surface area contributed by atoms with Crippen molar-refractivity contribution < 1.29 is 17.5 Å². The Kier molecular flexibility index (Phi) is 3.12. The molecule has 1 aliphatic heterocycles. The van der Waals surface area contributed by atoms with Crippen LogP contribution in [0, 0.1) is 13.8 Å². The molecule has 0 aliphatic carbocycles. The zero-order valence-corrected chi connectivity index (χ0v) is 12.1. The van der Waals surface area contributed by atoms with Crippen LogP contribution in [0.3, 0.4) is 0 Å². The van der Waals surface area contributed by atoms with E-state index in [1.807, 2.05) is 6.92 Å². The van der Waals surface area contributed by atoms with Gasteiger partial charge in [0, 0.05) is 5.92 Å². The Labute approximate surface area is 116 Å². The van der Waals surface area contributed by atoms with Crippen LogP contribution in [0.2, 0.25) is 0 Å². The molecule has 108 valence electrons. The molecule has 0 N–H and O–H groups in total. The molecule has 7 nitrogen and oxygen atoms in total. The van der Waals surface area contributed by atoms with E-state index in [-0.39, 0.29) is 17.4 Å². The van der Waals surface area contributed by atoms with Gasteiger partial charge in [0.05, 0.1) is 22.8 Å². The summed E-state index contributed by atoms with van der Waals surface area (Å²) in [4.78, 5) is 4.37. The molecule has 0 radical (unpaired) electrons. The summed E-state index contributed by atoms with van der Waals surface area (Å²) >= 11 is 0. The van der Waals surface area contributed by atoms with Crippen LogP contribution < -0.4 is 0 Å². The second-order valence-corrected chi connectivity index (χ2v) is 7.39.